The first-order valence-electron chi connectivity index (χ1n) is 12.1. The van der Waals surface area contributed by atoms with Gasteiger partial charge in [-0.25, -0.2) is 0 Å². The van der Waals surface area contributed by atoms with Crippen LogP contribution in [-0.4, -0.2) is 30.2 Å². The van der Waals surface area contributed by atoms with Crippen molar-refractivity contribution in [3.63, 3.8) is 0 Å². The van der Waals surface area contributed by atoms with Crippen LogP contribution in [0.4, 0.5) is 5.69 Å². The van der Waals surface area contributed by atoms with Crippen LogP contribution in [0.1, 0.15) is 85.6 Å². The number of para-hydroxylation sites is 1. The number of carbonyl (C=O) groups is 2. The fraction of sp³-hybridized carbons (Fsp3) is 0.481. The summed E-state index contributed by atoms with van der Waals surface area (Å²) in [4.78, 5) is 27.8. The van der Waals surface area contributed by atoms with E-state index in [1.807, 2.05) is 24.3 Å². The predicted octanol–water partition coefficient (Wildman–Crippen LogP) is 7.42. The molecule has 3 rings (SSSR count). The van der Waals surface area contributed by atoms with Gasteiger partial charge in [0.25, 0.3) is 0 Å². The number of rotatable bonds is 12. The van der Waals surface area contributed by atoms with Crippen molar-refractivity contribution in [1.82, 2.24) is 0 Å². The van der Waals surface area contributed by atoms with Gasteiger partial charge in [-0.3, -0.25) is 0 Å². The molecule has 0 atom stereocenters. The summed E-state index contributed by atoms with van der Waals surface area (Å²) in [5, 5.41) is 0. The van der Waals surface area contributed by atoms with E-state index in [1.165, 1.54) is 62.3 Å². The molecule has 4 heteroatoms. The average Bonchev–Trinajstić information content (AvgIpc) is 3.05. The molecule has 2 aromatic carbocycles. The molecule has 0 saturated carbocycles. The third-order valence-corrected chi connectivity index (χ3v) is 22.1. The van der Waals surface area contributed by atoms with Gasteiger partial charge in [-0.1, -0.05) is 0 Å². The van der Waals surface area contributed by atoms with Crippen LogP contribution in [0.5, 0.6) is 0 Å². The Bertz CT molecular complexity index is 851. The molecule has 2 amide bonds. The number of amides is 2. The Balaban J connectivity index is 1.97. The summed E-state index contributed by atoms with van der Waals surface area (Å²) in [5.74, 6) is -0.353. The SMILES string of the molecule is CCC[CH2][Sn]([CH2]CCC)([CH2]CCC)[CH2]c1ccccc1N1C(=O)c2ccccc2C1=O. The molecule has 1 aliphatic rings. The van der Waals surface area contributed by atoms with Crippen molar-refractivity contribution >= 4 is 35.9 Å². The summed E-state index contributed by atoms with van der Waals surface area (Å²) >= 11 is -2.47. The molecule has 0 bridgehead atoms. The molecule has 0 spiro atoms. The zero-order valence-corrected chi connectivity index (χ0v) is 22.3. The second kappa shape index (κ2) is 11.3. The topological polar surface area (TPSA) is 37.4 Å². The first kappa shape index (κ1) is 24.0. The van der Waals surface area contributed by atoms with Crippen LogP contribution >= 0.6 is 0 Å². The average molecular weight is 526 g/mol. The maximum atomic E-state index is 13.2. The second-order valence-electron chi connectivity index (χ2n) is 9.11. The Hall–Kier alpha value is -1.62. The molecule has 0 aliphatic carbocycles. The summed E-state index contributed by atoms with van der Waals surface area (Å²) in [6, 6.07) is 15.4. The van der Waals surface area contributed by atoms with Gasteiger partial charge in [0.2, 0.25) is 0 Å². The van der Waals surface area contributed by atoms with Gasteiger partial charge in [-0.05, 0) is 0 Å². The number of benzene rings is 2. The van der Waals surface area contributed by atoms with Gasteiger partial charge in [0, 0.05) is 0 Å². The van der Waals surface area contributed by atoms with Gasteiger partial charge < -0.3 is 0 Å². The van der Waals surface area contributed by atoms with E-state index >= 15 is 0 Å². The Morgan fingerprint density at radius 1 is 0.677 bits per heavy atom. The molecule has 0 aromatic heterocycles. The van der Waals surface area contributed by atoms with Crippen molar-refractivity contribution in [3.8, 4) is 0 Å². The predicted molar refractivity (Wildman–Crippen MR) is 133 cm³/mol. The van der Waals surface area contributed by atoms with Crippen LogP contribution in [0.25, 0.3) is 0 Å². The first-order chi connectivity index (χ1) is 15.1. The summed E-state index contributed by atoms with van der Waals surface area (Å²) in [6.07, 6.45) is 7.70. The Morgan fingerprint density at radius 3 is 1.61 bits per heavy atom. The van der Waals surface area contributed by atoms with Crippen molar-refractivity contribution in [2.24, 2.45) is 0 Å². The molecule has 2 aromatic rings. The number of nitrogens with zero attached hydrogens (tertiary/aromatic N) is 1. The van der Waals surface area contributed by atoms with E-state index in [-0.39, 0.29) is 11.8 Å². The molecule has 0 N–H and O–H groups in total. The van der Waals surface area contributed by atoms with Gasteiger partial charge in [0.15, 0.2) is 0 Å². The minimum atomic E-state index is -2.47. The van der Waals surface area contributed by atoms with Crippen LogP contribution in [0.3, 0.4) is 0 Å². The normalized spacial score (nSPS) is 13.7. The van der Waals surface area contributed by atoms with E-state index in [2.05, 4.69) is 32.9 Å². The Kier molecular flexibility index (Phi) is 8.76. The number of hydrogen-bond acceptors (Lipinski definition) is 2. The molecule has 0 radical (unpaired) electrons. The zero-order valence-electron chi connectivity index (χ0n) is 19.5. The minimum absolute atomic E-state index is 0.176. The van der Waals surface area contributed by atoms with E-state index in [0.29, 0.717) is 11.1 Å². The van der Waals surface area contributed by atoms with E-state index in [4.69, 9.17) is 0 Å². The van der Waals surface area contributed by atoms with Gasteiger partial charge in [0.05, 0.1) is 0 Å². The van der Waals surface area contributed by atoms with Crippen LogP contribution in [0, 0.1) is 0 Å². The molecule has 1 heterocycles. The van der Waals surface area contributed by atoms with Crippen molar-refractivity contribution in [2.75, 3.05) is 4.90 Å². The number of unbranched alkanes of at least 4 members (excludes halogenated alkanes) is 3. The van der Waals surface area contributed by atoms with E-state index in [0.717, 1.165) is 10.1 Å². The van der Waals surface area contributed by atoms with Gasteiger partial charge in [-0.2, -0.15) is 0 Å². The van der Waals surface area contributed by atoms with Crippen molar-refractivity contribution in [2.45, 2.75) is 77.0 Å². The standard InChI is InChI=1S/C15H10NO2.3C4H9.Sn/c1-10-6-2-5-9-13(10)16-14(17)11-7-3-4-8-12(11)15(16)18;3*1-3-4-2;/h2-9H,1H2;3*1,3-4H2,2H3;. The van der Waals surface area contributed by atoms with E-state index in [9.17, 15) is 9.59 Å². The van der Waals surface area contributed by atoms with E-state index < -0.39 is 18.4 Å². The van der Waals surface area contributed by atoms with Crippen molar-refractivity contribution < 1.29 is 9.59 Å². The Morgan fingerprint density at radius 2 is 1.13 bits per heavy atom. The van der Waals surface area contributed by atoms with Gasteiger partial charge >= 0.3 is 193 Å². The molecule has 0 unspecified atom stereocenters. The molecule has 166 valence electrons. The van der Waals surface area contributed by atoms with Crippen LogP contribution < -0.4 is 4.90 Å². The molecule has 1 aliphatic heterocycles. The van der Waals surface area contributed by atoms with Crippen molar-refractivity contribution in [1.29, 1.82) is 0 Å². The molecular weight excluding hydrogens is 489 g/mol. The quantitative estimate of drug-likeness (QED) is 0.213. The number of anilines is 1. The van der Waals surface area contributed by atoms with Crippen LogP contribution in [0.2, 0.25) is 13.3 Å². The fourth-order valence-corrected chi connectivity index (χ4v) is 21.2. The van der Waals surface area contributed by atoms with Gasteiger partial charge in [-0.15, -0.1) is 0 Å². The third kappa shape index (κ3) is 5.42. The van der Waals surface area contributed by atoms with Crippen LogP contribution in [-0.2, 0) is 4.44 Å². The molecule has 0 fully saturated rings. The van der Waals surface area contributed by atoms with Gasteiger partial charge in [0.1, 0.15) is 0 Å². The molecule has 0 saturated heterocycles. The summed E-state index contributed by atoms with van der Waals surface area (Å²) in [7, 11) is 0. The molecule has 3 nitrogen and oxygen atoms in total. The van der Waals surface area contributed by atoms with Crippen LogP contribution in [0.15, 0.2) is 48.5 Å². The number of fused-ring (bicyclic) bond motifs is 1. The van der Waals surface area contributed by atoms with E-state index in [1.54, 1.807) is 12.1 Å². The molecule has 31 heavy (non-hydrogen) atoms. The second-order valence-corrected chi connectivity index (χ2v) is 23.0. The summed E-state index contributed by atoms with van der Waals surface area (Å²) in [5.41, 5.74) is 3.09. The molecular formula is C27H37NO2Sn. The summed E-state index contributed by atoms with van der Waals surface area (Å²) in [6.45, 7) is 6.88. The fourth-order valence-electron chi connectivity index (χ4n) is 4.99. The van der Waals surface area contributed by atoms with Crippen molar-refractivity contribution in [3.05, 3.63) is 65.2 Å². The first-order valence-corrected chi connectivity index (χ1v) is 20.2. The number of hydrogen-bond donors (Lipinski definition) is 0. The zero-order chi connectivity index (χ0) is 22.3. The Labute approximate surface area is 192 Å². The number of carbonyl (C=O) groups excluding carboxylic acids is 2. The monoisotopic (exact) mass is 527 g/mol. The third-order valence-electron chi connectivity index (χ3n) is 6.77. The summed E-state index contributed by atoms with van der Waals surface area (Å²) < 4.78 is 5.39. The number of imide groups is 1. The maximum absolute atomic E-state index is 13.2.